The molecule has 2 heterocycles. The minimum atomic E-state index is -0.352. The van der Waals surface area contributed by atoms with Crippen LogP contribution in [0.3, 0.4) is 0 Å². The monoisotopic (exact) mass is 316 g/mol. The number of rotatable bonds is 4. The van der Waals surface area contributed by atoms with E-state index in [-0.39, 0.29) is 12.6 Å². The molecule has 0 unspecified atom stereocenters. The number of benzene rings is 1. The van der Waals surface area contributed by atoms with Crippen molar-refractivity contribution < 1.29 is 13.6 Å². The van der Waals surface area contributed by atoms with Crippen molar-refractivity contribution in [3.05, 3.63) is 65.8 Å². The van der Waals surface area contributed by atoms with E-state index in [2.05, 4.69) is 10.6 Å². The van der Waals surface area contributed by atoms with Crippen molar-refractivity contribution in [3.8, 4) is 11.3 Å². The highest BCUT2D eigenvalue weighted by atomic mass is 35.5. The molecule has 5 nitrogen and oxygen atoms in total. The molecule has 22 heavy (non-hydrogen) atoms. The van der Waals surface area contributed by atoms with Gasteiger partial charge in [0.2, 0.25) is 0 Å². The first-order valence-electron chi connectivity index (χ1n) is 6.63. The minimum Gasteiger partial charge on any atom is -0.472 e. The Labute approximate surface area is 131 Å². The van der Waals surface area contributed by atoms with Crippen LogP contribution < -0.4 is 10.6 Å². The van der Waals surface area contributed by atoms with Crippen LogP contribution in [-0.4, -0.2) is 6.03 Å². The van der Waals surface area contributed by atoms with Crippen LogP contribution in [0.1, 0.15) is 5.76 Å². The third-order valence-corrected chi connectivity index (χ3v) is 3.34. The summed E-state index contributed by atoms with van der Waals surface area (Å²) in [4.78, 5) is 11.8. The molecule has 0 saturated carbocycles. The number of anilines is 1. The maximum atomic E-state index is 11.8. The number of furan rings is 2. The van der Waals surface area contributed by atoms with Crippen molar-refractivity contribution >= 4 is 23.3 Å². The van der Waals surface area contributed by atoms with Crippen LogP contribution in [0, 0.1) is 0 Å². The summed E-state index contributed by atoms with van der Waals surface area (Å²) in [6.07, 6.45) is 3.17. The average Bonchev–Trinajstić information content (AvgIpc) is 3.18. The topological polar surface area (TPSA) is 67.4 Å². The van der Waals surface area contributed by atoms with Gasteiger partial charge in [-0.15, -0.1) is 0 Å². The van der Waals surface area contributed by atoms with Gasteiger partial charge in [-0.05, 0) is 30.3 Å². The number of halogens is 1. The number of carbonyl (C=O) groups is 1. The zero-order chi connectivity index (χ0) is 15.4. The van der Waals surface area contributed by atoms with Crippen molar-refractivity contribution in [2.45, 2.75) is 6.54 Å². The Balaban J connectivity index is 1.56. The molecule has 2 N–H and O–H groups in total. The zero-order valence-corrected chi connectivity index (χ0v) is 12.3. The first-order chi connectivity index (χ1) is 10.7. The number of amides is 2. The van der Waals surface area contributed by atoms with Crippen molar-refractivity contribution in [2.24, 2.45) is 0 Å². The van der Waals surface area contributed by atoms with E-state index < -0.39 is 0 Å². The standard InChI is InChI=1S/C16H13ClN2O3/c17-13-3-1-2-4-14(13)19-16(20)18-9-12-5-6-15(22-12)11-7-8-21-10-11/h1-8,10H,9H2,(H2,18,19,20). The molecule has 0 aliphatic carbocycles. The molecule has 0 spiro atoms. The van der Waals surface area contributed by atoms with E-state index >= 15 is 0 Å². The van der Waals surface area contributed by atoms with Gasteiger partial charge < -0.3 is 19.5 Å². The van der Waals surface area contributed by atoms with Crippen LogP contribution in [0.15, 0.2) is 63.8 Å². The van der Waals surface area contributed by atoms with Crippen molar-refractivity contribution in [1.82, 2.24) is 5.32 Å². The molecule has 0 aliphatic heterocycles. The fourth-order valence-electron chi connectivity index (χ4n) is 1.93. The second kappa shape index (κ2) is 6.41. The fourth-order valence-corrected chi connectivity index (χ4v) is 2.11. The van der Waals surface area contributed by atoms with E-state index in [9.17, 15) is 4.79 Å². The van der Waals surface area contributed by atoms with Gasteiger partial charge in [0.1, 0.15) is 17.8 Å². The van der Waals surface area contributed by atoms with Gasteiger partial charge in [0, 0.05) is 0 Å². The Kier molecular flexibility index (Phi) is 4.16. The molecule has 2 aromatic heterocycles. The molecule has 3 aromatic rings. The summed E-state index contributed by atoms with van der Waals surface area (Å²) in [5.41, 5.74) is 1.41. The highest BCUT2D eigenvalue weighted by molar-refractivity contribution is 6.33. The van der Waals surface area contributed by atoms with Gasteiger partial charge in [-0.25, -0.2) is 4.79 Å². The number of hydrogen-bond acceptors (Lipinski definition) is 3. The Hall–Kier alpha value is -2.66. The number of para-hydroxylation sites is 1. The van der Waals surface area contributed by atoms with Crippen LogP contribution in [-0.2, 0) is 6.54 Å². The molecule has 0 aliphatic rings. The molecule has 3 rings (SSSR count). The van der Waals surface area contributed by atoms with E-state index in [1.807, 2.05) is 6.07 Å². The second-order valence-electron chi connectivity index (χ2n) is 4.57. The fraction of sp³-hybridized carbons (Fsp3) is 0.0625. The van der Waals surface area contributed by atoms with E-state index in [0.29, 0.717) is 22.2 Å². The summed E-state index contributed by atoms with van der Waals surface area (Å²) in [5, 5.41) is 5.87. The zero-order valence-electron chi connectivity index (χ0n) is 11.5. The van der Waals surface area contributed by atoms with Gasteiger partial charge in [0.15, 0.2) is 0 Å². The lowest BCUT2D eigenvalue weighted by molar-refractivity contribution is 0.251. The van der Waals surface area contributed by atoms with Gasteiger partial charge >= 0.3 is 6.03 Å². The van der Waals surface area contributed by atoms with Crippen LogP contribution >= 0.6 is 11.6 Å². The third kappa shape index (κ3) is 3.32. The molecule has 0 saturated heterocycles. The Morgan fingerprint density at radius 2 is 2.00 bits per heavy atom. The van der Waals surface area contributed by atoms with Gasteiger partial charge in [0.05, 0.1) is 29.1 Å². The van der Waals surface area contributed by atoms with Crippen molar-refractivity contribution in [1.29, 1.82) is 0 Å². The molecule has 0 bridgehead atoms. The molecule has 6 heteroatoms. The van der Waals surface area contributed by atoms with Crippen LogP contribution in [0.4, 0.5) is 10.5 Å². The maximum Gasteiger partial charge on any atom is 0.319 e. The molecule has 0 atom stereocenters. The molecule has 1 aromatic carbocycles. The summed E-state index contributed by atoms with van der Waals surface area (Å²) in [5.74, 6) is 1.34. The summed E-state index contributed by atoms with van der Waals surface area (Å²) < 4.78 is 10.6. The number of hydrogen-bond donors (Lipinski definition) is 2. The number of urea groups is 1. The van der Waals surface area contributed by atoms with E-state index in [1.54, 1.807) is 48.9 Å². The van der Waals surface area contributed by atoms with E-state index in [0.717, 1.165) is 5.56 Å². The molecule has 0 fully saturated rings. The van der Waals surface area contributed by atoms with E-state index in [1.165, 1.54) is 0 Å². The molecule has 2 amide bonds. The Bertz CT molecular complexity index is 765. The second-order valence-corrected chi connectivity index (χ2v) is 4.97. The first-order valence-corrected chi connectivity index (χ1v) is 7.01. The van der Waals surface area contributed by atoms with Gasteiger partial charge in [-0.2, -0.15) is 0 Å². The van der Waals surface area contributed by atoms with Crippen molar-refractivity contribution in [3.63, 3.8) is 0 Å². The largest absolute Gasteiger partial charge is 0.472 e. The average molecular weight is 317 g/mol. The quantitative estimate of drug-likeness (QED) is 0.744. The highest BCUT2D eigenvalue weighted by Crippen LogP contribution is 2.22. The van der Waals surface area contributed by atoms with Gasteiger partial charge in [-0.1, -0.05) is 23.7 Å². The maximum absolute atomic E-state index is 11.8. The molecular formula is C16H13ClN2O3. The summed E-state index contributed by atoms with van der Waals surface area (Å²) in [6, 6.07) is 12.1. The normalized spacial score (nSPS) is 10.4. The Morgan fingerprint density at radius 3 is 2.77 bits per heavy atom. The summed E-state index contributed by atoms with van der Waals surface area (Å²) in [6.45, 7) is 0.272. The van der Waals surface area contributed by atoms with Crippen molar-refractivity contribution in [2.75, 3.05) is 5.32 Å². The SMILES string of the molecule is O=C(NCc1ccc(-c2ccoc2)o1)Nc1ccccc1Cl. The van der Waals surface area contributed by atoms with Crippen LogP contribution in [0.5, 0.6) is 0 Å². The Morgan fingerprint density at radius 1 is 1.14 bits per heavy atom. The predicted octanol–water partition coefficient (Wildman–Crippen LogP) is 4.51. The van der Waals surface area contributed by atoms with Gasteiger partial charge in [-0.3, -0.25) is 0 Å². The lowest BCUT2D eigenvalue weighted by Gasteiger charge is -2.07. The van der Waals surface area contributed by atoms with Gasteiger partial charge in [0.25, 0.3) is 0 Å². The van der Waals surface area contributed by atoms with E-state index in [4.69, 9.17) is 20.4 Å². The summed E-state index contributed by atoms with van der Waals surface area (Å²) >= 11 is 5.98. The lowest BCUT2D eigenvalue weighted by atomic mass is 10.3. The predicted molar refractivity (Wildman–Crippen MR) is 83.7 cm³/mol. The summed E-state index contributed by atoms with van der Waals surface area (Å²) in [7, 11) is 0. The minimum absolute atomic E-state index is 0.272. The lowest BCUT2D eigenvalue weighted by Crippen LogP contribution is -2.28. The molecule has 0 radical (unpaired) electrons. The molecular weight excluding hydrogens is 304 g/mol. The highest BCUT2D eigenvalue weighted by Gasteiger charge is 2.08. The number of nitrogens with one attached hydrogen (secondary N) is 2. The molecule has 112 valence electrons. The van der Waals surface area contributed by atoms with Crippen LogP contribution in [0.2, 0.25) is 5.02 Å². The van der Waals surface area contributed by atoms with Crippen LogP contribution in [0.25, 0.3) is 11.3 Å². The third-order valence-electron chi connectivity index (χ3n) is 3.01. The smallest absolute Gasteiger partial charge is 0.319 e. The number of carbonyl (C=O) groups excluding carboxylic acids is 1. The first kappa shape index (κ1) is 14.3.